The van der Waals surface area contributed by atoms with Crippen molar-refractivity contribution in [2.45, 2.75) is 19.8 Å². The van der Waals surface area contributed by atoms with Gasteiger partial charge in [-0.15, -0.1) is 0 Å². The maximum absolute atomic E-state index is 9.05. The van der Waals surface area contributed by atoms with Crippen LogP contribution >= 0.6 is 0 Å². The summed E-state index contributed by atoms with van der Waals surface area (Å²) in [6.07, 6.45) is 3.74. The fourth-order valence-corrected chi connectivity index (χ4v) is 1.85. The summed E-state index contributed by atoms with van der Waals surface area (Å²) in [4.78, 5) is 4.14. The first-order chi connectivity index (χ1) is 9.22. The number of nitrogen functional groups attached to an aromatic ring is 1. The lowest BCUT2D eigenvalue weighted by molar-refractivity contribution is 0.922. The van der Waals surface area contributed by atoms with Crippen LogP contribution in [-0.2, 0) is 6.42 Å². The minimum atomic E-state index is 0.442. The van der Waals surface area contributed by atoms with Crippen molar-refractivity contribution in [3.8, 4) is 6.07 Å². The first kappa shape index (κ1) is 12.9. The van der Waals surface area contributed by atoms with Crippen LogP contribution in [0.2, 0.25) is 0 Å². The highest BCUT2D eigenvalue weighted by molar-refractivity contribution is 5.65. The second-order valence-electron chi connectivity index (χ2n) is 4.35. The standard InChI is InChI=1S/C15H16N4/c1-2-3-11-4-6-14(7-5-11)19-15-12(9-16)8-13(17)10-18-15/h4-8,10H,2-3,17H2,1H3,(H,18,19). The molecule has 0 aliphatic rings. The van der Waals surface area contributed by atoms with Gasteiger partial charge in [0.2, 0.25) is 0 Å². The third-order valence-corrected chi connectivity index (χ3v) is 2.78. The Balaban J connectivity index is 2.19. The Bertz CT molecular complexity index is 597. The summed E-state index contributed by atoms with van der Waals surface area (Å²) in [6.45, 7) is 2.16. The zero-order valence-corrected chi connectivity index (χ0v) is 10.9. The third kappa shape index (κ3) is 3.23. The van der Waals surface area contributed by atoms with Crippen LogP contribution in [0.1, 0.15) is 24.5 Å². The van der Waals surface area contributed by atoms with E-state index in [9.17, 15) is 0 Å². The lowest BCUT2D eigenvalue weighted by Crippen LogP contribution is -1.98. The summed E-state index contributed by atoms with van der Waals surface area (Å²) in [7, 11) is 0. The molecule has 1 aromatic carbocycles. The molecule has 1 aromatic heterocycles. The smallest absolute Gasteiger partial charge is 0.148 e. The van der Waals surface area contributed by atoms with E-state index >= 15 is 0 Å². The fraction of sp³-hybridized carbons (Fsp3) is 0.200. The van der Waals surface area contributed by atoms with Crippen LogP contribution in [0.4, 0.5) is 17.2 Å². The Morgan fingerprint density at radius 2 is 2.05 bits per heavy atom. The molecular formula is C15H16N4. The topological polar surface area (TPSA) is 74.7 Å². The van der Waals surface area contributed by atoms with E-state index in [0.717, 1.165) is 18.5 Å². The lowest BCUT2D eigenvalue weighted by Gasteiger charge is -2.08. The van der Waals surface area contributed by atoms with Gasteiger partial charge < -0.3 is 11.1 Å². The predicted octanol–water partition coefficient (Wildman–Crippen LogP) is 3.23. The second kappa shape index (κ2) is 5.87. The average Bonchev–Trinajstić information content (AvgIpc) is 2.43. The SMILES string of the molecule is CCCc1ccc(Nc2ncc(N)cc2C#N)cc1. The number of aromatic nitrogens is 1. The molecule has 0 aliphatic carbocycles. The van der Waals surface area contributed by atoms with Crippen molar-refractivity contribution in [3.63, 3.8) is 0 Å². The van der Waals surface area contributed by atoms with Crippen LogP contribution in [0.25, 0.3) is 0 Å². The van der Waals surface area contributed by atoms with E-state index in [1.165, 1.54) is 11.8 Å². The number of rotatable bonds is 4. The highest BCUT2D eigenvalue weighted by Crippen LogP contribution is 2.20. The number of nitrogens with one attached hydrogen (secondary N) is 1. The summed E-state index contributed by atoms with van der Waals surface area (Å²) >= 11 is 0. The van der Waals surface area contributed by atoms with Gasteiger partial charge in [-0.2, -0.15) is 5.26 Å². The van der Waals surface area contributed by atoms with Gasteiger partial charge in [-0.25, -0.2) is 4.98 Å². The predicted molar refractivity (Wildman–Crippen MR) is 77.1 cm³/mol. The van der Waals surface area contributed by atoms with Crippen LogP contribution in [0.5, 0.6) is 0 Å². The van der Waals surface area contributed by atoms with Gasteiger partial charge in [0, 0.05) is 5.69 Å². The number of anilines is 3. The van der Waals surface area contributed by atoms with Crippen LogP contribution in [0, 0.1) is 11.3 Å². The Kier molecular flexibility index (Phi) is 3.99. The Labute approximate surface area is 112 Å². The molecule has 0 spiro atoms. The van der Waals surface area contributed by atoms with E-state index in [4.69, 9.17) is 11.0 Å². The third-order valence-electron chi connectivity index (χ3n) is 2.78. The molecule has 96 valence electrons. The van der Waals surface area contributed by atoms with Crippen molar-refractivity contribution in [2.75, 3.05) is 11.1 Å². The van der Waals surface area contributed by atoms with Crippen molar-refractivity contribution in [1.82, 2.24) is 4.98 Å². The molecule has 0 atom stereocenters. The van der Waals surface area contributed by atoms with Gasteiger partial charge in [0.05, 0.1) is 17.4 Å². The van der Waals surface area contributed by atoms with E-state index in [-0.39, 0.29) is 0 Å². The quantitative estimate of drug-likeness (QED) is 0.876. The average molecular weight is 252 g/mol. The van der Waals surface area contributed by atoms with E-state index in [2.05, 4.69) is 35.4 Å². The summed E-state index contributed by atoms with van der Waals surface area (Å²) in [5, 5.41) is 12.2. The largest absolute Gasteiger partial charge is 0.397 e. The molecule has 2 aromatic rings. The van der Waals surface area contributed by atoms with Gasteiger partial charge in [0.1, 0.15) is 11.9 Å². The van der Waals surface area contributed by atoms with Crippen molar-refractivity contribution < 1.29 is 0 Å². The van der Waals surface area contributed by atoms with Crippen molar-refractivity contribution in [1.29, 1.82) is 5.26 Å². The molecule has 0 bridgehead atoms. The van der Waals surface area contributed by atoms with Crippen LogP contribution in [0.15, 0.2) is 36.5 Å². The molecule has 2 rings (SSSR count). The number of hydrogen-bond donors (Lipinski definition) is 2. The van der Waals surface area contributed by atoms with E-state index in [1.54, 1.807) is 6.07 Å². The van der Waals surface area contributed by atoms with Crippen LogP contribution < -0.4 is 11.1 Å². The number of aryl methyl sites for hydroxylation is 1. The summed E-state index contributed by atoms with van der Waals surface area (Å²) < 4.78 is 0. The van der Waals surface area contributed by atoms with Gasteiger partial charge in [0.25, 0.3) is 0 Å². The van der Waals surface area contributed by atoms with Crippen molar-refractivity contribution in [2.24, 2.45) is 0 Å². The van der Waals surface area contributed by atoms with Crippen molar-refractivity contribution >= 4 is 17.2 Å². The molecule has 1 heterocycles. The molecule has 4 heteroatoms. The minimum absolute atomic E-state index is 0.442. The molecule has 0 fully saturated rings. The zero-order chi connectivity index (χ0) is 13.7. The molecule has 3 N–H and O–H groups in total. The van der Waals surface area contributed by atoms with Gasteiger partial charge in [-0.05, 0) is 30.2 Å². The number of nitrogens with zero attached hydrogens (tertiary/aromatic N) is 2. The van der Waals surface area contributed by atoms with Crippen LogP contribution in [0.3, 0.4) is 0 Å². The summed E-state index contributed by atoms with van der Waals surface area (Å²) in [5.74, 6) is 0.528. The highest BCUT2D eigenvalue weighted by atomic mass is 15.0. The van der Waals surface area contributed by atoms with E-state index in [1.807, 2.05) is 12.1 Å². The molecule has 0 saturated carbocycles. The number of benzene rings is 1. The molecule has 0 saturated heterocycles. The molecule has 0 radical (unpaired) electrons. The summed E-state index contributed by atoms with van der Waals surface area (Å²) in [5.41, 5.74) is 8.75. The van der Waals surface area contributed by atoms with Crippen LogP contribution in [-0.4, -0.2) is 4.98 Å². The molecular weight excluding hydrogens is 236 g/mol. The molecule has 19 heavy (non-hydrogen) atoms. The van der Waals surface area contributed by atoms with Crippen molar-refractivity contribution in [3.05, 3.63) is 47.7 Å². The van der Waals surface area contributed by atoms with Gasteiger partial charge in [0.15, 0.2) is 0 Å². The molecule has 0 unspecified atom stereocenters. The number of hydrogen-bond acceptors (Lipinski definition) is 4. The maximum Gasteiger partial charge on any atom is 0.148 e. The fourth-order valence-electron chi connectivity index (χ4n) is 1.85. The first-order valence-electron chi connectivity index (χ1n) is 6.24. The zero-order valence-electron chi connectivity index (χ0n) is 10.9. The normalized spacial score (nSPS) is 9.89. The van der Waals surface area contributed by atoms with Gasteiger partial charge in [-0.1, -0.05) is 25.5 Å². The van der Waals surface area contributed by atoms with Gasteiger partial charge >= 0.3 is 0 Å². The minimum Gasteiger partial charge on any atom is -0.397 e. The monoisotopic (exact) mass is 252 g/mol. The summed E-state index contributed by atoms with van der Waals surface area (Å²) in [6, 6.07) is 11.8. The Hall–Kier alpha value is -2.54. The molecule has 0 aliphatic heterocycles. The molecule has 4 nitrogen and oxygen atoms in total. The number of nitriles is 1. The van der Waals surface area contributed by atoms with E-state index in [0.29, 0.717) is 17.1 Å². The Morgan fingerprint density at radius 1 is 1.32 bits per heavy atom. The maximum atomic E-state index is 9.05. The highest BCUT2D eigenvalue weighted by Gasteiger charge is 2.04. The molecule has 0 amide bonds. The number of nitrogens with two attached hydrogens (primary N) is 1. The number of pyridine rings is 1. The second-order valence-corrected chi connectivity index (χ2v) is 4.35. The lowest BCUT2D eigenvalue weighted by atomic mass is 10.1. The van der Waals surface area contributed by atoms with E-state index < -0.39 is 0 Å². The van der Waals surface area contributed by atoms with Gasteiger partial charge in [-0.3, -0.25) is 0 Å². The Morgan fingerprint density at radius 3 is 2.68 bits per heavy atom. The first-order valence-corrected chi connectivity index (χ1v) is 6.24.